The summed E-state index contributed by atoms with van der Waals surface area (Å²) >= 11 is 0. The van der Waals surface area contributed by atoms with E-state index in [9.17, 15) is 0 Å². The molecule has 1 aromatic rings. The summed E-state index contributed by atoms with van der Waals surface area (Å²) in [5.74, 6) is 2.25. The fraction of sp³-hybridized carbons (Fsp3) is 0.692. The second-order valence-corrected chi connectivity index (χ2v) is 5.75. The van der Waals surface area contributed by atoms with Crippen LogP contribution in [0.15, 0.2) is 12.3 Å². The molecule has 0 atom stereocenters. The Morgan fingerprint density at radius 1 is 1.29 bits per heavy atom. The highest BCUT2D eigenvalue weighted by Crippen LogP contribution is 2.12. The molecule has 0 radical (unpaired) electrons. The monoisotopic (exact) mass is 236 g/mol. The average Bonchev–Trinajstić information content (AvgIpc) is 2.14. The van der Waals surface area contributed by atoms with Crippen LogP contribution in [-0.4, -0.2) is 22.1 Å². The van der Waals surface area contributed by atoms with Crippen molar-refractivity contribution >= 4 is 11.8 Å². The quantitative estimate of drug-likeness (QED) is 0.824. The first-order chi connectivity index (χ1) is 7.87. The van der Waals surface area contributed by atoms with Gasteiger partial charge in [-0.25, -0.2) is 4.98 Å². The van der Waals surface area contributed by atoms with Crippen molar-refractivity contribution in [3.8, 4) is 0 Å². The molecule has 0 aliphatic rings. The van der Waals surface area contributed by atoms with Crippen LogP contribution in [-0.2, 0) is 0 Å². The molecule has 1 aromatic heterocycles. The van der Waals surface area contributed by atoms with E-state index in [4.69, 9.17) is 0 Å². The topological polar surface area (TPSA) is 49.8 Å². The van der Waals surface area contributed by atoms with Crippen molar-refractivity contribution in [2.75, 3.05) is 17.2 Å². The molecule has 4 heteroatoms. The second kappa shape index (κ2) is 5.84. The van der Waals surface area contributed by atoms with Gasteiger partial charge in [0, 0.05) is 18.3 Å². The number of nitrogens with zero attached hydrogens (tertiary/aromatic N) is 2. The van der Waals surface area contributed by atoms with Crippen molar-refractivity contribution in [1.29, 1.82) is 0 Å². The summed E-state index contributed by atoms with van der Waals surface area (Å²) in [7, 11) is 0. The van der Waals surface area contributed by atoms with E-state index < -0.39 is 0 Å². The fourth-order valence-electron chi connectivity index (χ4n) is 1.37. The predicted molar refractivity (Wildman–Crippen MR) is 73.4 cm³/mol. The third kappa shape index (κ3) is 6.09. The van der Waals surface area contributed by atoms with Gasteiger partial charge in [-0.1, -0.05) is 13.8 Å². The molecule has 1 rings (SSSR count). The third-order valence-electron chi connectivity index (χ3n) is 2.16. The molecule has 0 bridgehead atoms. The normalized spacial score (nSPS) is 11.6. The van der Waals surface area contributed by atoms with Crippen molar-refractivity contribution in [3.05, 3.63) is 12.3 Å². The van der Waals surface area contributed by atoms with Gasteiger partial charge in [-0.15, -0.1) is 0 Å². The van der Waals surface area contributed by atoms with Gasteiger partial charge in [0.2, 0.25) is 5.95 Å². The van der Waals surface area contributed by atoms with E-state index in [1.165, 1.54) is 0 Å². The largest absolute Gasteiger partial charge is 0.365 e. The molecule has 2 N–H and O–H groups in total. The Morgan fingerprint density at radius 2 is 2.00 bits per heavy atom. The van der Waals surface area contributed by atoms with Gasteiger partial charge in [0.05, 0.1) is 0 Å². The van der Waals surface area contributed by atoms with E-state index >= 15 is 0 Å². The second-order valence-electron chi connectivity index (χ2n) is 5.75. The van der Waals surface area contributed by atoms with Crippen molar-refractivity contribution in [1.82, 2.24) is 9.97 Å². The molecule has 0 saturated heterocycles. The van der Waals surface area contributed by atoms with Gasteiger partial charge in [0.1, 0.15) is 5.82 Å². The van der Waals surface area contributed by atoms with Crippen LogP contribution in [0.4, 0.5) is 11.8 Å². The highest BCUT2D eigenvalue weighted by molar-refractivity contribution is 5.41. The molecule has 1 heterocycles. The molecule has 4 nitrogen and oxygen atoms in total. The van der Waals surface area contributed by atoms with Gasteiger partial charge in [-0.05, 0) is 39.2 Å². The molecular weight excluding hydrogens is 212 g/mol. The Labute approximate surface area is 104 Å². The van der Waals surface area contributed by atoms with Crippen LogP contribution in [0, 0.1) is 5.92 Å². The summed E-state index contributed by atoms with van der Waals surface area (Å²) < 4.78 is 0. The van der Waals surface area contributed by atoms with E-state index in [0.29, 0.717) is 11.9 Å². The summed E-state index contributed by atoms with van der Waals surface area (Å²) in [5, 5.41) is 6.57. The van der Waals surface area contributed by atoms with Gasteiger partial charge in [-0.2, -0.15) is 4.98 Å². The van der Waals surface area contributed by atoms with Gasteiger partial charge >= 0.3 is 0 Å². The Morgan fingerprint density at radius 3 is 2.59 bits per heavy atom. The van der Waals surface area contributed by atoms with E-state index in [0.717, 1.165) is 18.8 Å². The number of rotatable bonds is 5. The van der Waals surface area contributed by atoms with E-state index in [2.05, 4.69) is 55.2 Å². The first-order valence-corrected chi connectivity index (χ1v) is 6.22. The minimum Gasteiger partial charge on any atom is -0.365 e. The molecule has 0 amide bonds. The Bertz CT molecular complexity index is 342. The van der Waals surface area contributed by atoms with Crippen molar-refractivity contribution in [3.63, 3.8) is 0 Å². The highest BCUT2D eigenvalue weighted by atomic mass is 15.1. The predicted octanol–water partition coefficient (Wildman–Crippen LogP) is 3.15. The standard InChI is InChI=1S/C13H24N4/c1-10(2)6-8-14-12-15-9-7-11(16-12)17-13(3,4)5/h7,9-10H,6,8H2,1-5H3,(H2,14,15,16,17). The van der Waals surface area contributed by atoms with Crippen molar-refractivity contribution in [2.45, 2.75) is 46.6 Å². The number of aromatic nitrogens is 2. The molecule has 96 valence electrons. The summed E-state index contributed by atoms with van der Waals surface area (Å²) in [5.41, 5.74) is 0.0174. The number of hydrogen-bond donors (Lipinski definition) is 2. The first-order valence-electron chi connectivity index (χ1n) is 6.22. The maximum Gasteiger partial charge on any atom is 0.224 e. The van der Waals surface area contributed by atoms with Crippen LogP contribution in [0.2, 0.25) is 0 Å². The van der Waals surface area contributed by atoms with Crippen LogP contribution in [0.25, 0.3) is 0 Å². The van der Waals surface area contributed by atoms with Crippen LogP contribution < -0.4 is 10.6 Å². The first kappa shape index (κ1) is 13.7. The number of nitrogens with one attached hydrogen (secondary N) is 2. The zero-order valence-corrected chi connectivity index (χ0v) is 11.5. The lowest BCUT2D eigenvalue weighted by molar-refractivity contribution is 0.605. The van der Waals surface area contributed by atoms with Crippen LogP contribution >= 0.6 is 0 Å². The fourth-order valence-corrected chi connectivity index (χ4v) is 1.37. The smallest absolute Gasteiger partial charge is 0.224 e. The van der Waals surface area contributed by atoms with E-state index in [1.54, 1.807) is 6.20 Å². The average molecular weight is 236 g/mol. The molecule has 0 aliphatic heterocycles. The minimum atomic E-state index is 0.0174. The summed E-state index contributed by atoms with van der Waals surface area (Å²) in [6.45, 7) is 11.7. The Kier molecular flexibility index (Phi) is 4.73. The minimum absolute atomic E-state index is 0.0174. The molecule has 0 spiro atoms. The molecule has 0 unspecified atom stereocenters. The van der Waals surface area contributed by atoms with Gasteiger partial charge in [-0.3, -0.25) is 0 Å². The Balaban J connectivity index is 2.54. The van der Waals surface area contributed by atoms with Crippen molar-refractivity contribution in [2.24, 2.45) is 5.92 Å². The van der Waals surface area contributed by atoms with Gasteiger partial charge < -0.3 is 10.6 Å². The maximum absolute atomic E-state index is 4.42. The number of anilines is 2. The number of hydrogen-bond acceptors (Lipinski definition) is 4. The van der Waals surface area contributed by atoms with Crippen LogP contribution in [0.5, 0.6) is 0 Å². The SMILES string of the molecule is CC(C)CCNc1nccc(NC(C)(C)C)n1. The zero-order valence-electron chi connectivity index (χ0n) is 11.5. The molecule has 17 heavy (non-hydrogen) atoms. The van der Waals surface area contributed by atoms with Crippen molar-refractivity contribution < 1.29 is 0 Å². The van der Waals surface area contributed by atoms with E-state index in [1.807, 2.05) is 6.07 Å². The van der Waals surface area contributed by atoms with Gasteiger partial charge in [0.15, 0.2) is 0 Å². The molecular formula is C13H24N4. The van der Waals surface area contributed by atoms with Gasteiger partial charge in [0.25, 0.3) is 0 Å². The third-order valence-corrected chi connectivity index (χ3v) is 2.16. The van der Waals surface area contributed by atoms with Crippen LogP contribution in [0.3, 0.4) is 0 Å². The highest BCUT2D eigenvalue weighted by Gasteiger charge is 2.10. The lowest BCUT2D eigenvalue weighted by Crippen LogP contribution is -2.26. The van der Waals surface area contributed by atoms with Crippen LogP contribution in [0.1, 0.15) is 41.0 Å². The lowest BCUT2D eigenvalue weighted by atomic mass is 10.1. The summed E-state index contributed by atoms with van der Waals surface area (Å²) in [6, 6.07) is 1.89. The lowest BCUT2D eigenvalue weighted by Gasteiger charge is -2.21. The molecule has 0 aromatic carbocycles. The zero-order chi connectivity index (χ0) is 12.9. The molecule has 0 fully saturated rings. The molecule has 0 aliphatic carbocycles. The summed E-state index contributed by atoms with van der Waals surface area (Å²) in [6.07, 6.45) is 2.90. The maximum atomic E-state index is 4.42. The Hall–Kier alpha value is -1.32. The molecule has 0 saturated carbocycles. The van der Waals surface area contributed by atoms with E-state index in [-0.39, 0.29) is 5.54 Å². The summed E-state index contributed by atoms with van der Waals surface area (Å²) in [4.78, 5) is 8.63.